The molecular weight excluding hydrogens is 834 g/mol. The predicted octanol–water partition coefficient (Wildman–Crippen LogP) is 5.35. The molecule has 5 aliphatic heterocycles. The van der Waals surface area contributed by atoms with E-state index in [1.165, 1.54) is 0 Å². The Morgan fingerprint density at radius 2 is 1.81 bits per heavy atom. The Morgan fingerprint density at radius 3 is 2.52 bits per heavy atom. The lowest BCUT2D eigenvalue weighted by Crippen LogP contribution is -2.60. The number of amides is 1. The molecule has 346 valence electrons. The highest BCUT2D eigenvalue weighted by Crippen LogP contribution is 2.45. The first-order chi connectivity index (χ1) is 29.9. The highest BCUT2D eigenvalue weighted by molar-refractivity contribution is 6.29. The van der Waals surface area contributed by atoms with Crippen LogP contribution in [0.2, 0.25) is 5.15 Å². The van der Waals surface area contributed by atoms with E-state index in [-0.39, 0.29) is 49.0 Å². The summed E-state index contributed by atoms with van der Waals surface area (Å²) in [5, 5.41) is 24.7. The third kappa shape index (κ3) is 9.75. The summed E-state index contributed by atoms with van der Waals surface area (Å²) in [5.41, 5.74) is 0.802. The fraction of sp³-hybridized carbons (Fsp3) is 0.711. The summed E-state index contributed by atoms with van der Waals surface area (Å²) >= 11 is 5.95. The first kappa shape index (κ1) is 47.1. The van der Waals surface area contributed by atoms with Crippen molar-refractivity contribution in [2.24, 2.45) is 33.8 Å². The van der Waals surface area contributed by atoms with E-state index in [1.54, 1.807) is 24.0 Å². The molecule has 0 aliphatic carbocycles. The lowest BCUT2D eigenvalue weighted by atomic mass is 9.72. The maximum absolute atomic E-state index is 14.6. The summed E-state index contributed by atoms with van der Waals surface area (Å²) in [4.78, 5) is 47.7. The molecule has 1 N–H and O–H groups in total. The second-order valence-corrected chi connectivity index (χ2v) is 19.0. The quantitative estimate of drug-likeness (QED) is 0.264. The average molecular weight is 898 g/mol. The molecule has 2 aromatic heterocycles. The number of carbonyl (C=O) groups excluding carboxylic acids is 2. The molecule has 0 spiro atoms. The molecule has 0 aromatic carbocycles. The highest BCUT2D eigenvalue weighted by Gasteiger charge is 2.60. The van der Waals surface area contributed by atoms with Crippen molar-refractivity contribution in [1.29, 1.82) is 0 Å². The second kappa shape index (κ2) is 19.3. The summed E-state index contributed by atoms with van der Waals surface area (Å²) in [6, 6.07) is 8.19. The van der Waals surface area contributed by atoms with E-state index in [4.69, 9.17) is 49.9 Å². The molecule has 0 saturated carbocycles. The number of ether oxygens (including phenoxy) is 6. The summed E-state index contributed by atoms with van der Waals surface area (Å²) in [5.74, 6) is -2.37. The van der Waals surface area contributed by atoms with Gasteiger partial charge in [0.2, 0.25) is 0 Å². The largest absolute Gasteiger partial charge is 0.458 e. The minimum absolute atomic E-state index is 0.0171. The van der Waals surface area contributed by atoms with Crippen molar-refractivity contribution in [2.75, 3.05) is 40.4 Å². The Morgan fingerprint density at radius 1 is 1.03 bits per heavy atom. The zero-order chi connectivity index (χ0) is 45.4. The van der Waals surface area contributed by atoms with E-state index in [1.807, 2.05) is 71.8 Å². The molecule has 4 saturated heterocycles. The zero-order valence-electron chi connectivity index (χ0n) is 38.1. The Kier molecular flexibility index (Phi) is 14.5. The van der Waals surface area contributed by atoms with E-state index in [0.29, 0.717) is 55.1 Å². The van der Waals surface area contributed by atoms with Gasteiger partial charge in [-0.05, 0) is 91.2 Å². The number of aromatic nitrogens is 3. The minimum atomic E-state index is -1.15. The van der Waals surface area contributed by atoms with Crippen LogP contribution in [0.1, 0.15) is 80.3 Å². The Balaban J connectivity index is 1.28. The van der Waals surface area contributed by atoms with Crippen molar-refractivity contribution in [3.05, 3.63) is 41.2 Å². The van der Waals surface area contributed by atoms with E-state index in [0.717, 1.165) is 5.71 Å². The Labute approximate surface area is 375 Å². The number of pyridine rings is 1. The zero-order valence-corrected chi connectivity index (χ0v) is 38.9. The maximum atomic E-state index is 14.6. The van der Waals surface area contributed by atoms with Gasteiger partial charge in [0.25, 0.3) is 0 Å². The van der Waals surface area contributed by atoms with E-state index >= 15 is 0 Å². The standard InChI is InChI=1S/C45H64ClN7O10/c1-11-34-45(8)39-26(4)36(47-17-18-53(39)43(56)63-45)24(2)20-44(7)40(62-42-37(54)33(52(9)10)19-25(3)60-42)27(5)38(28(6)41(55)61-34)57-21-30(22-58-44)51-59-23-29-13-12-14-31(48-29)32-15-16-35(46)50-49-32/h12-16,24-28,33-34,37-40,42,54H,11,17-23H2,1-10H3/t24-,25+,26+,27+,28+,33-,34-,37+,38+,39-,40-,42-,44-,45-/m1/s1. The number of hydrogen-bond donors (Lipinski definition) is 1. The van der Waals surface area contributed by atoms with Gasteiger partial charge < -0.3 is 43.3 Å². The van der Waals surface area contributed by atoms with Crippen molar-refractivity contribution >= 4 is 35.1 Å². The number of aliphatic hydroxyl groups excluding tert-OH is 1. The number of fused-ring (bicyclic) bond motifs is 4. The van der Waals surface area contributed by atoms with Crippen molar-refractivity contribution < 1.29 is 48.0 Å². The predicted molar refractivity (Wildman–Crippen MR) is 233 cm³/mol. The topological polar surface area (TPSA) is 189 Å². The first-order valence-electron chi connectivity index (χ1n) is 22.2. The molecule has 18 heteroatoms. The van der Waals surface area contributed by atoms with Crippen molar-refractivity contribution in [3.8, 4) is 11.4 Å². The Bertz CT molecular complexity index is 2010. The van der Waals surface area contributed by atoms with Gasteiger partial charge in [0.1, 0.15) is 23.6 Å². The van der Waals surface area contributed by atoms with Crippen LogP contribution in [0.5, 0.6) is 0 Å². The summed E-state index contributed by atoms with van der Waals surface area (Å²) in [6.07, 6.45) is -3.64. The van der Waals surface area contributed by atoms with Crippen LogP contribution < -0.4 is 0 Å². The molecule has 7 rings (SSSR count). The average Bonchev–Trinajstić information content (AvgIpc) is 3.39. The van der Waals surface area contributed by atoms with E-state index < -0.39 is 71.8 Å². The van der Waals surface area contributed by atoms with Gasteiger partial charge in [-0.3, -0.25) is 14.7 Å². The smallest absolute Gasteiger partial charge is 0.410 e. The number of carbonyl (C=O) groups is 2. The van der Waals surface area contributed by atoms with Gasteiger partial charge in [0.05, 0.1) is 67.0 Å². The third-order valence-corrected chi connectivity index (χ3v) is 13.9. The SMILES string of the molecule is CC[C@H]1OC(=O)[C@@H](C)[C@H]2OCC(=NOCc3cccc(-c4ccc(Cl)nn4)n3)CO[C@](C)(C[C@@H](C)C3=NCCN4C(=O)O[C@@]1(C)[C@H]4[C@H]3C)[C@H](O[C@H]1O[C@@H](C)C[C@@H](N(C)C)[C@@H]1O)[C@H]2C. The van der Waals surface area contributed by atoms with E-state index in [2.05, 4.69) is 34.2 Å². The lowest BCUT2D eigenvalue weighted by molar-refractivity contribution is -0.302. The van der Waals surface area contributed by atoms with Gasteiger partial charge >= 0.3 is 12.1 Å². The molecule has 0 unspecified atom stereocenters. The Hall–Kier alpha value is -3.84. The molecule has 7 heterocycles. The third-order valence-electron chi connectivity index (χ3n) is 13.7. The number of oxime groups is 1. The van der Waals surface area contributed by atoms with Crippen LogP contribution in [0.4, 0.5) is 4.79 Å². The number of likely N-dealkylation sites (N-methyl/N-ethyl adjacent to an activating group) is 1. The molecule has 14 atom stereocenters. The van der Waals surface area contributed by atoms with E-state index in [9.17, 15) is 14.7 Å². The summed E-state index contributed by atoms with van der Waals surface area (Å²) in [6.45, 7) is 16.4. The molecular formula is C45H64ClN7O10. The van der Waals surface area contributed by atoms with Crippen LogP contribution in [0.15, 0.2) is 40.5 Å². The molecule has 5 aliphatic rings. The molecule has 0 radical (unpaired) electrons. The van der Waals surface area contributed by atoms with Gasteiger partial charge in [-0.1, -0.05) is 50.5 Å². The van der Waals surface area contributed by atoms with Gasteiger partial charge in [-0.15, -0.1) is 10.2 Å². The van der Waals surface area contributed by atoms with Crippen LogP contribution in [0.25, 0.3) is 11.4 Å². The molecule has 1 amide bonds. The van der Waals surface area contributed by atoms with Crippen molar-refractivity contribution in [3.63, 3.8) is 0 Å². The number of rotatable bonds is 8. The number of esters is 1. The van der Waals surface area contributed by atoms with Gasteiger partial charge in [-0.25, -0.2) is 9.78 Å². The van der Waals surface area contributed by atoms with Gasteiger partial charge in [-0.2, -0.15) is 0 Å². The number of halogens is 1. The van der Waals surface area contributed by atoms with Crippen molar-refractivity contribution in [2.45, 2.75) is 141 Å². The number of hydrogen-bond acceptors (Lipinski definition) is 16. The molecule has 2 aromatic rings. The molecule has 17 nitrogen and oxygen atoms in total. The van der Waals surface area contributed by atoms with Gasteiger partial charge in [0.15, 0.2) is 23.7 Å². The minimum Gasteiger partial charge on any atom is -0.458 e. The molecule has 4 fully saturated rings. The molecule has 63 heavy (non-hydrogen) atoms. The maximum Gasteiger partial charge on any atom is 0.410 e. The van der Waals surface area contributed by atoms with Crippen LogP contribution in [-0.2, 0) is 44.7 Å². The number of aliphatic hydroxyl groups is 1. The summed E-state index contributed by atoms with van der Waals surface area (Å²) < 4.78 is 39.9. The second-order valence-electron chi connectivity index (χ2n) is 18.6. The van der Waals surface area contributed by atoms with Crippen LogP contribution in [-0.4, -0.2) is 154 Å². The van der Waals surface area contributed by atoms with Crippen LogP contribution in [0.3, 0.4) is 0 Å². The van der Waals surface area contributed by atoms with Crippen LogP contribution in [0, 0.1) is 23.7 Å². The first-order valence-corrected chi connectivity index (χ1v) is 22.6. The fourth-order valence-corrected chi connectivity index (χ4v) is 10.7. The van der Waals surface area contributed by atoms with Crippen molar-refractivity contribution in [1.82, 2.24) is 25.0 Å². The monoisotopic (exact) mass is 897 g/mol. The normalized spacial score (nSPS) is 38.5. The van der Waals surface area contributed by atoms with Gasteiger partial charge in [0, 0.05) is 30.1 Å². The number of aliphatic imine (C=N–C) groups is 1. The number of nitrogens with zero attached hydrogens (tertiary/aromatic N) is 7. The lowest BCUT2D eigenvalue weighted by Gasteiger charge is -2.48. The number of cyclic esters (lactones) is 1. The molecule has 4 bridgehead atoms. The highest BCUT2D eigenvalue weighted by atomic mass is 35.5. The van der Waals surface area contributed by atoms with Crippen LogP contribution >= 0.6 is 11.6 Å². The fourth-order valence-electron chi connectivity index (χ4n) is 10.6. The summed E-state index contributed by atoms with van der Waals surface area (Å²) in [7, 11) is 3.86.